The van der Waals surface area contributed by atoms with Crippen molar-refractivity contribution in [3.8, 4) is 6.07 Å². The molecule has 0 aliphatic carbocycles. The zero-order valence-corrected chi connectivity index (χ0v) is 7.59. The van der Waals surface area contributed by atoms with Gasteiger partial charge in [0, 0.05) is 0 Å². The maximum absolute atomic E-state index is 10.7. The topological polar surface area (TPSA) is 61.1 Å². The van der Waals surface area contributed by atoms with Crippen LogP contribution in [0.1, 0.15) is 21.5 Å². The minimum Gasteiger partial charge on any atom is -0.478 e. The maximum Gasteiger partial charge on any atom is 0.337 e. The number of halogens is 1. The van der Waals surface area contributed by atoms with Crippen LogP contribution in [0.4, 0.5) is 0 Å². The van der Waals surface area contributed by atoms with Crippen LogP contribution in [0.25, 0.3) is 0 Å². The smallest absolute Gasteiger partial charge is 0.337 e. The van der Waals surface area contributed by atoms with Crippen molar-refractivity contribution in [3.05, 3.63) is 33.8 Å². The number of carboxylic acids is 1. The predicted octanol–water partition coefficient (Wildman–Crippen LogP) is 2.22. The SMILES string of the molecule is Cc1c(C#N)ccc(Cl)c1C(=O)O. The van der Waals surface area contributed by atoms with Crippen molar-refractivity contribution in [3.63, 3.8) is 0 Å². The number of hydrogen-bond donors (Lipinski definition) is 1. The van der Waals surface area contributed by atoms with Crippen LogP contribution in [0.5, 0.6) is 0 Å². The lowest BCUT2D eigenvalue weighted by atomic mass is 10.0. The molecule has 0 spiro atoms. The quantitative estimate of drug-likeness (QED) is 0.748. The fourth-order valence-electron chi connectivity index (χ4n) is 1.06. The molecule has 66 valence electrons. The molecule has 0 aliphatic rings. The highest BCUT2D eigenvalue weighted by atomic mass is 35.5. The Morgan fingerprint density at radius 2 is 2.23 bits per heavy atom. The van der Waals surface area contributed by atoms with Crippen LogP contribution in [0.15, 0.2) is 12.1 Å². The van der Waals surface area contributed by atoms with Crippen molar-refractivity contribution in [2.24, 2.45) is 0 Å². The Bertz CT molecular complexity index is 407. The van der Waals surface area contributed by atoms with Crippen molar-refractivity contribution in [1.29, 1.82) is 5.26 Å². The highest BCUT2D eigenvalue weighted by Crippen LogP contribution is 2.22. The summed E-state index contributed by atoms with van der Waals surface area (Å²) in [6, 6.07) is 4.81. The molecule has 3 nitrogen and oxygen atoms in total. The summed E-state index contributed by atoms with van der Waals surface area (Å²) < 4.78 is 0. The van der Waals surface area contributed by atoms with Crippen molar-refractivity contribution >= 4 is 17.6 Å². The second-order valence-corrected chi connectivity index (χ2v) is 2.92. The van der Waals surface area contributed by atoms with Crippen LogP contribution in [-0.2, 0) is 0 Å². The van der Waals surface area contributed by atoms with Gasteiger partial charge in [-0.3, -0.25) is 0 Å². The van der Waals surface area contributed by atoms with Gasteiger partial charge in [0.15, 0.2) is 0 Å². The average Bonchev–Trinajstić information content (AvgIpc) is 2.04. The molecule has 0 radical (unpaired) electrons. The van der Waals surface area contributed by atoms with E-state index in [1.165, 1.54) is 12.1 Å². The number of aromatic carboxylic acids is 1. The molecule has 1 aromatic carbocycles. The van der Waals surface area contributed by atoms with E-state index in [4.69, 9.17) is 22.0 Å². The Balaban J connectivity index is 3.50. The molecule has 0 unspecified atom stereocenters. The number of rotatable bonds is 1. The molecule has 0 fully saturated rings. The van der Waals surface area contributed by atoms with Crippen molar-refractivity contribution in [1.82, 2.24) is 0 Å². The summed E-state index contributed by atoms with van der Waals surface area (Å²) in [6.07, 6.45) is 0. The minimum atomic E-state index is -1.11. The number of nitrogens with zero attached hydrogens (tertiary/aromatic N) is 1. The third kappa shape index (κ3) is 1.63. The second kappa shape index (κ2) is 3.46. The Labute approximate surface area is 80.2 Å². The fourth-order valence-corrected chi connectivity index (χ4v) is 1.35. The van der Waals surface area contributed by atoms with Gasteiger partial charge < -0.3 is 5.11 Å². The average molecular weight is 196 g/mol. The third-order valence-electron chi connectivity index (χ3n) is 1.75. The van der Waals surface area contributed by atoms with E-state index in [1.54, 1.807) is 6.92 Å². The van der Waals surface area contributed by atoms with Crippen LogP contribution < -0.4 is 0 Å². The van der Waals surface area contributed by atoms with Crippen LogP contribution in [-0.4, -0.2) is 11.1 Å². The Hall–Kier alpha value is -1.53. The monoisotopic (exact) mass is 195 g/mol. The summed E-state index contributed by atoms with van der Waals surface area (Å²) in [7, 11) is 0. The molecule has 0 aliphatic heterocycles. The molecule has 0 saturated carbocycles. The summed E-state index contributed by atoms with van der Waals surface area (Å²) in [5, 5.41) is 17.6. The summed E-state index contributed by atoms with van der Waals surface area (Å²) in [6.45, 7) is 1.56. The van der Waals surface area contributed by atoms with E-state index in [2.05, 4.69) is 0 Å². The van der Waals surface area contributed by atoms with Gasteiger partial charge >= 0.3 is 5.97 Å². The van der Waals surface area contributed by atoms with E-state index >= 15 is 0 Å². The number of benzene rings is 1. The molecule has 4 heteroatoms. The molecule has 0 amide bonds. The summed E-state index contributed by atoms with van der Waals surface area (Å²) >= 11 is 5.66. The first kappa shape index (κ1) is 9.56. The minimum absolute atomic E-state index is 0.000664. The van der Waals surface area contributed by atoms with Gasteiger partial charge in [0.05, 0.1) is 22.2 Å². The highest BCUT2D eigenvalue weighted by Gasteiger charge is 2.14. The van der Waals surface area contributed by atoms with Crippen LogP contribution in [0, 0.1) is 18.3 Å². The summed E-state index contributed by atoms with van der Waals surface area (Å²) in [4.78, 5) is 10.7. The maximum atomic E-state index is 10.7. The van der Waals surface area contributed by atoms with Crippen molar-refractivity contribution in [2.45, 2.75) is 6.92 Å². The Morgan fingerprint density at radius 3 is 2.69 bits per heavy atom. The molecule has 1 N–H and O–H groups in total. The van der Waals surface area contributed by atoms with Crippen molar-refractivity contribution in [2.75, 3.05) is 0 Å². The van der Waals surface area contributed by atoms with Gasteiger partial charge in [-0.15, -0.1) is 0 Å². The molecule has 1 rings (SSSR count). The summed E-state index contributed by atoms with van der Waals surface area (Å²) in [5.74, 6) is -1.11. The Kier molecular flexibility index (Phi) is 2.54. The molecule has 1 aromatic rings. The molecule has 0 bridgehead atoms. The van der Waals surface area contributed by atoms with E-state index in [1.807, 2.05) is 6.07 Å². The zero-order valence-electron chi connectivity index (χ0n) is 6.84. The van der Waals surface area contributed by atoms with E-state index in [0.717, 1.165) is 0 Å². The highest BCUT2D eigenvalue weighted by molar-refractivity contribution is 6.33. The lowest BCUT2D eigenvalue weighted by Crippen LogP contribution is -2.02. The van der Waals surface area contributed by atoms with Crippen LogP contribution in [0.2, 0.25) is 5.02 Å². The predicted molar refractivity (Wildman–Crippen MR) is 47.9 cm³/mol. The standard InChI is InChI=1S/C9H6ClNO2/c1-5-6(4-11)2-3-7(10)8(5)9(12)13/h2-3H,1H3,(H,12,13). The molecule has 0 aromatic heterocycles. The molecule has 0 saturated heterocycles. The number of hydrogen-bond acceptors (Lipinski definition) is 2. The van der Waals surface area contributed by atoms with Gasteiger partial charge in [-0.25, -0.2) is 4.79 Å². The van der Waals surface area contributed by atoms with Crippen molar-refractivity contribution < 1.29 is 9.90 Å². The first-order valence-corrected chi connectivity index (χ1v) is 3.88. The molecular weight excluding hydrogens is 190 g/mol. The Morgan fingerprint density at radius 1 is 1.62 bits per heavy atom. The number of nitriles is 1. The van der Waals surface area contributed by atoms with Gasteiger partial charge in [-0.1, -0.05) is 11.6 Å². The van der Waals surface area contributed by atoms with Crippen LogP contribution in [0.3, 0.4) is 0 Å². The van der Waals surface area contributed by atoms with Gasteiger partial charge in [0.2, 0.25) is 0 Å². The van der Waals surface area contributed by atoms with Crippen LogP contribution >= 0.6 is 11.6 Å². The van der Waals surface area contributed by atoms with Gasteiger partial charge in [-0.05, 0) is 24.6 Å². The van der Waals surface area contributed by atoms with Gasteiger partial charge in [-0.2, -0.15) is 5.26 Å². The molecular formula is C9H6ClNO2. The van der Waals surface area contributed by atoms with E-state index in [9.17, 15) is 4.79 Å². The number of carbonyl (C=O) groups is 1. The molecule has 0 atom stereocenters. The molecule has 13 heavy (non-hydrogen) atoms. The normalized spacial score (nSPS) is 9.31. The summed E-state index contributed by atoms with van der Waals surface area (Å²) in [5.41, 5.74) is 0.741. The first-order chi connectivity index (χ1) is 6.07. The third-order valence-corrected chi connectivity index (χ3v) is 2.06. The largest absolute Gasteiger partial charge is 0.478 e. The van der Waals surface area contributed by atoms with Gasteiger partial charge in [0.25, 0.3) is 0 Å². The van der Waals surface area contributed by atoms with E-state index in [-0.39, 0.29) is 10.6 Å². The second-order valence-electron chi connectivity index (χ2n) is 2.51. The van der Waals surface area contributed by atoms with Gasteiger partial charge in [0.1, 0.15) is 0 Å². The van der Waals surface area contributed by atoms with E-state index < -0.39 is 5.97 Å². The van der Waals surface area contributed by atoms with E-state index in [0.29, 0.717) is 11.1 Å². The lowest BCUT2D eigenvalue weighted by Gasteiger charge is -2.04. The zero-order chi connectivity index (χ0) is 10.0. The number of carboxylic acid groups (broad SMARTS) is 1. The molecule has 0 heterocycles. The lowest BCUT2D eigenvalue weighted by molar-refractivity contribution is 0.0696. The first-order valence-electron chi connectivity index (χ1n) is 3.50. The fraction of sp³-hybridized carbons (Fsp3) is 0.111.